The van der Waals surface area contributed by atoms with Crippen molar-refractivity contribution in [2.24, 2.45) is 0 Å². The van der Waals surface area contributed by atoms with E-state index >= 15 is 0 Å². The van der Waals surface area contributed by atoms with Crippen LogP contribution in [0.5, 0.6) is 0 Å². The molecule has 0 spiro atoms. The first-order valence-electron chi connectivity index (χ1n) is 13.9. The minimum atomic E-state index is -0.276. The summed E-state index contributed by atoms with van der Waals surface area (Å²) < 4.78 is 2.10. The van der Waals surface area contributed by atoms with Crippen LogP contribution < -0.4 is 5.32 Å². The molecule has 0 saturated heterocycles. The Kier molecular flexibility index (Phi) is 9.06. The van der Waals surface area contributed by atoms with Gasteiger partial charge in [-0.25, -0.2) is 4.98 Å². The average Bonchev–Trinajstić information content (AvgIpc) is 3.66. The van der Waals surface area contributed by atoms with E-state index in [1.54, 1.807) is 0 Å². The summed E-state index contributed by atoms with van der Waals surface area (Å²) in [6, 6.07) is 31.4. The Hall–Kier alpha value is -4.49. The van der Waals surface area contributed by atoms with Crippen LogP contribution >= 0.6 is 11.3 Å². The quantitative estimate of drug-likeness (QED) is 0.191. The van der Waals surface area contributed by atoms with Gasteiger partial charge in [-0.2, -0.15) is 0 Å². The molecule has 0 bridgehead atoms. The van der Waals surface area contributed by atoms with Crippen LogP contribution in [0.4, 0.5) is 0 Å². The molecule has 0 fully saturated rings. The zero-order chi connectivity index (χ0) is 28.6. The van der Waals surface area contributed by atoms with Crippen molar-refractivity contribution in [1.82, 2.24) is 19.8 Å². The van der Waals surface area contributed by atoms with E-state index in [0.29, 0.717) is 25.3 Å². The maximum absolute atomic E-state index is 13.4. The monoisotopic (exact) mass is 562 g/mol. The van der Waals surface area contributed by atoms with Gasteiger partial charge in [0.25, 0.3) is 11.8 Å². The molecule has 6 nitrogen and oxygen atoms in total. The third kappa shape index (κ3) is 6.81. The van der Waals surface area contributed by atoms with E-state index in [4.69, 9.17) is 0 Å². The molecule has 2 aromatic heterocycles. The van der Waals surface area contributed by atoms with E-state index in [-0.39, 0.29) is 17.9 Å². The third-order valence-corrected chi connectivity index (χ3v) is 7.90. The van der Waals surface area contributed by atoms with E-state index in [1.165, 1.54) is 11.3 Å². The Balaban J connectivity index is 1.29. The molecule has 0 aliphatic heterocycles. The number of amides is 2. The van der Waals surface area contributed by atoms with Crippen molar-refractivity contribution in [1.29, 1.82) is 0 Å². The van der Waals surface area contributed by atoms with Gasteiger partial charge in [0.05, 0.1) is 19.1 Å². The Morgan fingerprint density at radius 1 is 0.902 bits per heavy atom. The molecule has 5 rings (SSSR count). The summed E-state index contributed by atoms with van der Waals surface area (Å²) in [5.74, 6) is -0.173. The highest BCUT2D eigenvalue weighted by atomic mass is 32.1. The number of aromatic nitrogens is 2. The Labute approximate surface area is 245 Å². The maximum atomic E-state index is 13.4. The van der Waals surface area contributed by atoms with Crippen molar-refractivity contribution in [2.45, 2.75) is 39.4 Å². The molecule has 0 atom stereocenters. The summed E-state index contributed by atoms with van der Waals surface area (Å²) in [5.41, 5.74) is 5.16. The van der Waals surface area contributed by atoms with Crippen LogP contribution in [0, 0.1) is 6.92 Å². The largest absolute Gasteiger partial charge is 0.343 e. The molecule has 0 aliphatic carbocycles. The van der Waals surface area contributed by atoms with Crippen LogP contribution in [0.25, 0.3) is 0 Å². The molecule has 7 heteroatoms. The molecule has 2 amide bonds. The molecule has 0 radical (unpaired) electrons. The fraction of sp³-hybridized carbons (Fsp3) is 0.206. The zero-order valence-electron chi connectivity index (χ0n) is 23.4. The Bertz CT molecular complexity index is 1550. The molecule has 5 aromatic rings. The second kappa shape index (κ2) is 13.2. The smallest absolute Gasteiger partial charge is 0.271 e. The summed E-state index contributed by atoms with van der Waals surface area (Å²) in [4.78, 5) is 33.3. The number of nitrogens with zero attached hydrogens (tertiary/aromatic N) is 3. The third-order valence-electron chi connectivity index (χ3n) is 7.06. The van der Waals surface area contributed by atoms with Gasteiger partial charge in [0.15, 0.2) is 0 Å². The van der Waals surface area contributed by atoms with Gasteiger partial charge in [0.1, 0.15) is 10.7 Å². The number of hydrogen-bond donors (Lipinski definition) is 1. The van der Waals surface area contributed by atoms with Gasteiger partial charge in [-0.15, -0.1) is 11.3 Å². The summed E-state index contributed by atoms with van der Waals surface area (Å²) in [5, 5.41) is 5.82. The van der Waals surface area contributed by atoms with Gasteiger partial charge >= 0.3 is 0 Å². The number of hydrogen-bond acceptors (Lipinski definition) is 4. The molecule has 2 heterocycles. The van der Waals surface area contributed by atoms with E-state index in [1.807, 2.05) is 120 Å². The van der Waals surface area contributed by atoms with Gasteiger partial charge in [-0.05, 0) is 48.2 Å². The Morgan fingerprint density at radius 3 is 2.22 bits per heavy atom. The number of thiazole rings is 1. The average molecular weight is 563 g/mol. The molecule has 208 valence electrons. The van der Waals surface area contributed by atoms with Gasteiger partial charge in [-0.1, -0.05) is 85.8 Å². The van der Waals surface area contributed by atoms with Crippen LogP contribution in [0.1, 0.15) is 67.6 Å². The number of nitrogens with one attached hydrogen (secondary N) is 1. The molecule has 3 aromatic carbocycles. The summed E-state index contributed by atoms with van der Waals surface area (Å²) >= 11 is 1.46. The summed E-state index contributed by atoms with van der Waals surface area (Å²) in [6.45, 7) is 5.75. The maximum Gasteiger partial charge on any atom is 0.271 e. The molecule has 0 aliphatic rings. The number of aryl methyl sites for hydroxylation is 1. The lowest BCUT2D eigenvalue weighted by molar-refractivity contribution is 0.0738. The van der Waals surface area contributed by atoms with E-state index < -0.39 is 0 Å². The van der Waals surface area contributed by atoms with Gasteiger partial charge in [0, 0.05) is 29.4 Å². The Morgan fingerprint density at radius 2 is 1.56 bits per heavy atom. The predicted molar refractivity (Wildman–Crippen MR) is 164 cm³/mol. The molecule has 1 N–H and O–H groups in total. The SMILES string of the molecule is CCCN(Cc1cccn1Cc1nc(C(=O)NC(c2ccccc2)c2ccccc2)cs1)C(=O)c1ccccc1C. The topological polar surface area (TPSA) is 67.2 Å². The van der Waals surface area contributed by atoms with Crippen LogP contribution in [0.2, 0.25) is 0 Å². The van der Waals surface area contributed by atoms with E-state index in [9.17, 15) is 9.59 Å². The standard InChI is InChI=1S/C34H34N4O2S/c1-3-20-38(34(40)29-19-11-10-13-25(29)2)22-28-18-12-21-37(28)23-31-35-30(24-41-31)33(39)36-32(26-14-6-4-7-15-26)27-16-8-5-9-17-27/h4-19,21,24,32H,3,20,22-23H2,1-2H3,(H,36,39). The highest BCUT2D eigenvalue weighted by molar-refractivity contribution is 7.09. The van der Waals surface area contributed by atoms with Crippen molar-refractivity contribution < 1.29 is 9.59 Å². The van der Waals surface area contributed by atoms with Gasteiger partial charge in [-0.3, -0.25) is 9.59 Å². The molecule has 0 unspecified atom stereocenters. The first-order chi connectivity index (χ1) is 20.0. The van der Waals surface area contributed by atoms with Crippen LogP contribution in [0.3, 0.4) is 0 Å². The molecular formula is C34H34N4O2S. The van der Waals surface area contributed by atoms with E-state index in [0.717, 1.165) is 39.4 Å². The normalized spacial score (nSPS) is 11.0. The first kappa shape index (κ1) is 28.1. The summed E-state index contributed by atoms with van der Waals surface area (Å²) in [7, 11) is 0. The van der Waals surface area contributed by atoms with Crippen molar-refractivity contribution in [2.75, 3.05) is 6.54 Å². The number of benzene rings is 3. The van der Waals surface area contributed by atoms with E-state index in [2.05, 4.69) is 21.8 Å². The lowest BCUT2D eigenvalue weighted by Crippen LogP contribution is -2.32. The fourth-order valence-corrected chi connectivity index (χ4v) is 5.71. The number of carbonyl (C=O) groups excluding carboxylic acids is 2. The molecular weight excluding hydrogens is 528 g/mol. The van der Waals surface area contributed by atoms with Gasteiger partial charge in [0.2, 0.25) is 0 Å². The first-order valence-corrected chi connectivity index (χ1v) is 14.8. The second-order valence-electron chi connectivity index (χ2n) is 10.0. The minimum Gasteiger partial charge on any atom is -0.343 e. The van der Waals surface area contributed by atoms with Crippen molar-refractivity contribution in [3.05, 3.63) is 147 Å². The van der Waals surface area contributed by atoms with Crippen LogP contribution in [-0.2, 0) is 13.1 Å². The predicted octanol–water partition coefficient (Wildman–Crippen LogP) is 6.87. The lowest BCUT2D eigenvalue weighted by Gasteiger charge is -2.24. The van der Waals surface area contributed by atoms with Gasteiger partial charge < -0.3 is 14.8 Å². The number of rotatable bonds is 11. The highest BCUT2D eigenvalue weighted by Crippen LogP contribution is 2.23. The minimum absolute atomic E-state index is 0.0392. The highest BCUT2D eigenvalue weighted by Gasteiger charge is 2.21. The van der Waals surface area contributed by atoms with Crippen molar-refractivity contribution in [3.8, 4) is 0 Å². The van der Waals surface area contributed by atoms with Crippen LogP contribution in [-0.4, -0.2) is 32.8 Å². The van der Waals surface area contributed by atoms with Crippen molar-refractivity contribution in [3.63, 3.8) is 0 Å². The summed E-state index contributed by atoms with van der Waals surface area (Å²) in [6.07, 6.45) is 2.87. The zero-order valence-corrected chi connectivity index (χ0v) is 24.2. The fourth-order valence-electron chi connectivity index (χ4n) is 4.94. The number of carbonyl (C=O) groups is 2. The van der Waals surface area contributed by atoms with Crippen LogP contribution in [0.15, 0.2) is 109 Å². The van der Waals surface area contributed by atoms with Crippen molar-refractivity contribution >= 4 is 23.2 Å². The molecule has 41 heavy (non-hydrogen) atoms. The lowest BCUT2D eigenvalue weighted by atomic mass is 9.98. The molecule has 0 saturated carbocycles. The second-order valence-corrected chi connectivity index (χ2v) is 11.0.